The van der Waals surface area contributed by atoms with Crippen LogP contribution in [0, 0.1) is 0 Å². The number of pyridine rings is 1. The predicted molar refractivity (Wildman–Crippen MR) is 80.0 cm³/mol. The molecule has 18 heavy (non-hydrogen) atoms. The van der Waals surface area contributed by atoms with Crippen molar-refractivity contribution in [1.82, 2.24) is 15.3 Å². The summed E-state index contributed by atoms with van der Waals surface area (Å²) in [4.78, 5) is 7.51. The Morgan fingerprint density at radius 1 is 1.50 bits per heavy atom. The molecule has 0 spiro atoms. The van der Waals surface area contributed by atoms with E-state index in [4.69, 9.17) is 0 Å². The average molecular weight is 263 g/mol. The Hall–Kier alpha value is -1.00. The van der Waals surface area contributed by atoms with Gasteiger partial charge in [-0.25, -0.2) is 4.98 Å². The fourth-order valence-corrected chi connectivity index (χ4v) is 2.76. The standard InChI is InChI=1S/C14H21N3S/c1-3-18-8-6-11(2)16-9-12-10-17-14-13(12)5-4-7-15-14/h4-5,7,10-11,16H,3,6,8-9H2,1-2H3,(H,15,17). The fraction of sp³-hybridized carbons (Fsp3) is 0.500. The number of nitrogens with zero attached hydrogens (tertiary/aromatic N) is 1. The normalized spacial score (nSPS) is 13.0. The number of thioether (sulfide) groups is 1. The second-order valence-electron chi connectivity index (χ2n) is 4.48. The number of hydrogen-bond donors (Lipinski definition) is 2. The first-order chi connectivity index (χ1) is 8.81. The molecule has 0 aromatic carbocycles. The van der Waals surface area contributed by atoms with Gasteiger partial charge in [-0.05, 0) is 42.5 Å². The lowest BCUT2D eigenvalue weighted by Crippen LogP contribution is -2.25. The van der Waals surface area contributed by atoms with Crippen LogP contribution in [0.2, 0.25) is 0 Å². The van der Waals surface area contributed by atoms with Crippen LogP contribution in [0.3, 0.4) is 0 Å². The van der Waals surface area contributed by atoms with E-state index in [1.165, 1.54) is 28.9 Å². The molecule has 0 bridgehead atoms. The van der Waals surface area contributed by atoms with Crippen molar-refractivity contribution in [2.24, 2.45) is 0 Å². The summed E-state index contributed by atoms with van der Waals surface area (Å²) >= 11 is 2.01. The minimum atomic E-state index is 0.561. The summed E-state index contributed by atoms with van der Waals surface area (Å²) in [5.41, 5.74) is 2.27. The van der Waals surface area contributed by atoms with Crippen LogP contribution in [-0.2, 0) is 6.54 Å². The highest BCUT2D eigenvalue weighted by molar-refractivity contribution is 7.99. The van der Waals surface area contributed by atoms with Gasteiger partial charge in [0.15, 0.2) is 0 Å². The molecule has 0 fully saturated rings. The van der Waals surface area contributed by atoms with E-state index in [0.29, 0.717) is 6.04 Å². The molecule has 0 aliphatic heterocycles. The Kier molecular flexibility index (Phi) is 5.08. The molecule has 0 aliphatic rings. The van der Waals surface area contributed by atoms with Gasteiger partial charge in [0.1, 0.15) is 5.65 Å². The molecule has 0 saturated carbocycles. The van der Waals surface area contributed by atoms with E-state index in [2.05, 4.69) is 41.4 Å². The lowest BCUT2D eigenvalue weighted by molar-refractivity contribution is 0.539. The van der Waals surface area contributed by atoms with E-state index < -0.39 is 0 Å². The second kappa shape index (κ2) is 6.81. The van der Waals surface area contributed by atoms with Crippen LogP contribution in [0.25, 0.3) is 11.0 Å². The molecule has 2 rings (SSSR count). The molecule has 4 heteroatoms. The molecule has 0 saturated heterocycles. The van der Waals surface area contributed by atoms with Crippen molar-refractivity contribution in [3.05, 3.63) is 30.1 Å². The third kappa shape index (κ3) is 3.50. The van der Waals surface area contributed by atoms with Crippen molar-refractivity contribution in [3.63, 3.8) is 0 Å². The first-order valence-corrected chi connectivity index (χ1v) is 7.69. The van der Waals surface area contributed by atoms with Crippen LogP contribution >= 0.6 is 11.8 Å². The van der Waals surface area contributed by atoms with Crippen molar-refractivity contribution >= 4 is 22.8 Å². The summed E-state index contributed by atoms with van der Waals surface area (Å²) in [6.45, 7) is 5.37. The van der Waals surface area contributed by atoms with E-state index >= 15 is 0 Å². The maximum Gasteiger partial charge on any atom is 0.137 e. The molecular formula is C14H21N3S. The Balaban J connectivity index is 1.86. The van der Waals surface area contributed by atoms with E-state index in [-0.39, 0.29) is 0 Å². The van der Waals surface area contributed by atoms with Gasteiger partial charge in [0, 0.05) is 30.4 Å². The van der Waals surface area contributed by atoms with Crippen LogP contribution in [-0.4, -0.2) is 27.5 Å². The molecule has 0 aliphatic carbocycles. The minimum absolute atomic E-state index is 0.561. The highest BCUT2D eigenvalue weighted by Gasteiger charge is 2.06. The highest BCUT2D eigenvalue weighted by atomic mass is 32.2. The molecule has 2 heterocycles. The van der Waals surface area contributed by atoms with Gasteiger partial charge in [-0.3, -0.25) is 0 Å². The highest BCUT2D eigenvalue weighted by Crippen LogP contribution is 2.15. The number of H-pyrrole nitrogens is 1. The van der Waals surface area contributed by atoms with Crippen LogP contribution in [0.5, 0.6) is 0 Å². The number of rotatable bonds is 7. The Morgan fingerprint density at radius 2 is 2.39 bits per heavy atom. The van der Waals surface area contributed by atoms with E-state index in [1.807, 2.05) is 24.0 Å². The topological polar surface area (TPSA) is 40.7 Å². The van der Waals surface area contributed by atoms with Gasteiger partial charge in [0.2, 0.25) is 0 Å². The summed E-state index contributed by atoms with van der Waals surface area (Å²) in [7, 11) is 0. The van der Waals surface area contributed by atoms with Gasteiger partial charge in [-0.15, -0.1) is 0 Å². The number of hydrogen-bond acceptors (Lipinski definition) is 3. The average Bonchev–Trinajstić information content (AvgIpc) is 2.80. The summed E-state index contributed by atoms with van der Waals surface area (Å²) in [5, 5.41) is 4.80. The molecule has 1 unspecified atom stereocenters. The van der Waals surface area contributed by atoms with Crippen molar-refractivity contribution in [2.75, 3.05) is 11.5 Å². The zero-order valence-corrected chi connectivity index (χ0v) is 11.9. The number of aromatic amines is 1. The molecule has 98 valence electrons. The molecule has 0 radical (unpaired) electrons. The zero-order chi connectivity index (χ0) is 12.8. The zero-order valence-electron chi connectivity index (χ0n) is 11.1. The lowest BCUT2D eigenvalue weighted by Gasteiger charge is -2.12. The molecular weight excluding hydrogens is 242 g/mol. The molecule has 2 aromatic heterocycles. The Bertz CT molecular complexity index is 481. The number of aromatic nitrogens is 2. The number of fused-ring (bicyclic) bond motifs is 1. The van der Waals surface area contributed by atoms with Crippen LogP contribution in [0.4, 0.5) is 0 Å². The smallest absolute Gasteiger partial charge is 0.137 e. The monoisotopic (exact) mass is 263 g/mol. The maximum absolute atomic E-state index is 4.30. The van der Waals surface area contributed by atoms with Gasteiger partial charge in [0.25, 0.3) is 0 Å². The second-order valence-corrected chi connectivity index (χ2v) is 5.87. The van der Waals surface area contributed by atoms with Gasteiger partial charge < -0.3 is 10.3 Å². The van der Waals surface area contributed by atoms with Crippen molar-refractivity contribution < 1.29 is 0 Å². The third-order valence-corrected chi connectivity index (χ3v) is 4.01. The first kappa shape index (κ1) is 13.4. The maximum atomic E-state index is 4.30. The molecule has 3 nitrogen and oxygen atoms in total. The van der Waals surface area contributed by atoms with Crippen LogP contribution in [0.15, 0.2) is 24.5 Å². The third-order valence-electron chi connectivity index (χ3n) is 3.08. The van der Waals surface area contributed by atoms with Gasteiger partial charge in [-0.1, -0.05) is 6.92 Å². The Morgan fingerprint density at radius 3 is 3.22 bits per heavy atom. The predicted octanol–water partition coefficient (Wildman–Crippen LogP) is 3.18. The quantitative estimate of drug-likeness (QED) is 0.754. The van der Waals surface area contributed by atoms with Gasteiger partial charge >= 0.3 is 0 Å². The fourth-order valence-electron chi connectivity index (χ4n) is 1.95. The van der Waals surface area contributed by atoms with E-state index in [9.17, 15) is 0 Å². The summed E-state index contributed by atoms with van der Waals surface area (Å²) in [6.07, 6.45) is 5.10. The van der Waals surface area contributed by atoms with Gasteiger partial charge in [-0.2, -0.15) is 11.8 Å². The van der Waals surface area contributed by atoms with E-state index in [0.717, 1.165) is 12.2 Å². The Labute approximate surface area is 113 Å². The molecule has 1 atom stereocenters. The SMILES string of the molecule is CCSCCC(C)NCc1c[nH]c2ncccc12. The summed E-state index contributed by atoms with van der Waals surface area (Å²) < 4.78 is 0. The summed E-state index contributed by atoms with van der Waals surface area (Å²) in [6, 6.07) is 4.67. The summed E-state index contributed by atoms with van der Waals surface area (Å²) in [5.74, 6) is 2.45. The van der Waals surface area contributed by atoms with Crippen molar-refractivity contribution in [1.29, 1.82) is 0 Å². The van der Waals surface area contributed by atoms with Crippen molar-refractivity contribution in [2.45, 2.75) is 32.9 Å². The molecule has 2 aromatic rings. The van der Waals surface area contributed by atoms with E-state index in [1.54, 1.807) is 0 Å². The van der Waals surface area contributed by atoms with Gasteiger partial charge in [0.05, 0.1) is 0 Å². The first-order valence-electron chi connectivity index (χ1n) is 6.53. The minimum Gasteiger partial charge on any atom is -0.346 e. The lowest BCUT2D eigenvalue weighted by atomic mass is 10.2. The van der Waals surface area contributed by atoms with Crippen LogP contribution < -0.4 is 5.32 Å². The van der Waals surface area contributed by atoms with Crippen molar-refractivity contribution in [3.8, 4) is 0 Å². The largest absolute Gasteiger partial charge is 0.346 e. The molecule has 2 N–H and O–H groups in total. The van der Waals surface area contributed by atoms with Crippen LogP contribution in [0.1, 0.15) is 25.8 Å². The number of nitrogens with one attached hydrogen (secondary N) is 2. The molecule has 0 amide bonds.